The fraction of sp³-hybridized carbons (Fsp3) is 0.0278. The van der Waals surface area contributed by atoms with Crippen LogP contribution >= 0.6 is 0 Å². The summed E-state index contributed by atoms with van der Waals surface area (Å²) in [6, 6.07) is 37.7. The maximum Gasteiger partial charge on any atom is 0.141 e. The van der Waals surface area contributed by atoms with E-state index >= 15 is 0 Å². The van der Waals surface area contributed by atoms with E-state index in [0.717, 1.165) is 55.3 Å². The summed E-state index contributed by atoms with van der Waals surface area (Å²) in [5.74, 6) is 0. The zero-order valence-corrected chi connectivity index (χ0v) is 22.6. The second-order valence-corrected chi connectivity index (χ2v) is 9.73. The molecule has 0 spiro atoms. The van der Waals surface area contributed by atoms with Crippen molar-refractivity contribution in [3.8, 4) is 22.3 Å². The number of aliphatic hydroxyl groups is 1. The SMILES string of the molecule is C=Cc1c(C=C)[c-](-c2ccc3cc(C4(O)c5ccccc5-c5ccccc54)ccc3c2)c2ccccc12.[Ho]. The minimum absolute atomic E-state index is 0. The molecule has 0 unspecified atom stereocenters. The Kier molecular flexibility index (Phi) is 6.21. The van der Waals surface area contributed by atoms with E-state index < -0.39 is 5.60 Å². The van der Waals surface area contributed by atoms with Gasteiger partial charge in [0.1, 0.15) is 5.60 Å². The summed E-state index contributed by atoms with van der Waals surface area (Å²) in [5, 5.41) is 16.9. The van der Waals surface area contributed by atoms with E-state index in [1.807, 2.05) is 48.6 Å². The molecule has 6 aromatic rings. The molecule has 0 saturated heterocycles. The molecular formula is C36H25HoO-. The summed E-state index contributed by atoms with van der Waals surface area (Å²) in [7, 11) is 0. The topological polar surface area (TPSA) is 20.2 Å². The maximum atomic E-state index is 12.3. The summed E-state index contributed by atoms with van der Waals surface area (Å²) in [6.45, 7) is 8.17. The van der Waals surface area contributed by atoms with Gasteiger partial charge in [-0.25, -0.2) is 0 Å². The first-order valence-electron chi connectivity index (χ1n) is 12.6. The largest absolute Gasteiger partial charge is 0.376 e. The Morgan fingerprint density at radius 2 is 1.26 bits per heavy atom. The molecule has 0 aromatic heterocycles. The summed E-state index contributed by atoms with van der Waals surface area (Å²) in [5.41, 5.74) is 8.31. The van der Waals surface area contributed by atoms with Crippen LogP contribution in [-0.2, 0) is 5.60 Å². The molecule has 0 amide bonds. The van der Waals surface area contributed by atoms with Crippen molar-refractivity contribution in [2.45, 2.75) is 5.60 Å². The second kappa shape index (κ2) is 9.45. The molecule has 1 nitrogen and oxygen atoms in total. The van der Waals surface area contributed by atoms with Gasteiger partial charge >= 0.3 is 0 Å². The maximum absolute atomic E-state index is 12.3. The van der Waals surface area contributed by atoms with Crippen LogP contribution in [-0.4, -0.2) is 5.11 Å². The van der Waals surface area contributed by atoms with Crippen molar-refractivity contribution in [1.29, 1.82) is 0 Å². The molecule has 1 aliphatic carbocycles. The first-order chi connectivity index (χ1) is 18.1. The van der Waals surface area contributed by atoms with Crippen molar-refractivity contribution in [3.05, 3.63) is 150 Å². The Hall–Kier alpha value is -3.33. The number of fused-ring (bicyclic) bond motifs is 5. The van der Waals surface area contributed by atoms with E-state index in [4.69, 9.17) is 0 Å². The minimum atomic E-state index is -1.18. The number of benzene rings is 5. The zero-order chi connectivity index (χ0) is 25.1. The van der Waals surface area contributed by atoms with Crippen LogP contribution in [0.5, 0.6) is 0 Å². The van der Waals surface area contributed by atoms with Gasteiger partial charge in [0, 0.05) is 48.9 Å². The van der Waals surface area contributed by atoms with Crippen LogP contribution < -0.4 is 0 Å². The molecule has 187 valence electrons. The van der Waals surface area contributed by atoms with Crippen molar-refractivity contribution < 1.29 is 42.8 Å². The third-order valence-electron chi connectivity index (χ3n) is 7.92. The molecule has 0 heterocycles. The fourth-order valence-corrected chi connectivity index (χ4v) is 6.25. The molecule has 6 aromatic carbocycles. The van der Waals surface area contributed by atoms with Crippen LogP contribution in [0, 0.1) is 37.7 Å². The third-order valence-corrected chi connectivity index (χ3v) is 7.92. The Bertz CT molecular complexity index is 1840. The average Bonchev–Trinajstić information content (AvgIpc) is 3.43. The smallest absolute Gasteiger partial charge is 0.141 e. The van der Waals surface area contributed by atoms with E-state index in [-0.39, 0.29) is 37.7 Å². The van der Waals surface area contributed by atoms with E-state index in [9.17, 15) is 5.11 Å². The third kappa shape index (κ3) is 3.43. The molecule has 0 bridgehead atoms. The van der Waals surface area contributed by atoms with Crippen LogP contribution in [0.1, 0.15) is 27.8 Å². The van der Waals surface area contributed by atoms with Gasteiger partial charge in [-0.05, 0) is 33.5 Å². The van der Waals surface area contributed by atoms with Gasteiger partial charge in [-0.15, -0.1) is 19.2 Å². The van der Waals surface area contributed by atoms with E-state index in [1.165, 1.54) is 16.3 Å². The van der Waals surface area contributed by atoms with Crippen molar-refractivity contribution in [2.75, 3.05) is 0 Å². The Labute approximate surface area is 252 Å². The summed E-state index contributed by atoms with van der Waals surface area (Å²) < 4.78 is 0. The van der Waals surface area contributed by atoms with Gasteiger partial charge in [0.15, 0.2) is 0 Å². The monoisotopic (exact) mass is 638 g/mol. The van der Waals surface area contributed by atoms with Crippen molar-refractivity contribution in [1.82, 2.24) is 0 Å². The molecule has 1 N–H and O–H groups in total. The Morgan fingerprint density at radius 1 is 0.658 bits per heavy atom. The predicted octanol–water partition coefficient (Wildman–Crippen LogP) is 8.93. The Morgan fingerprint density at radius 3 is 1.95 bits per heavy atom. The standard InChI is InChI=1S/C36H25O.Ho/c1-3-27-28(4-2)35(32-14-6-5-11-29(27)32)25-18-17-24-22-26(20-19-23(24)21-25)36(37)33-15-9-7-12-30(33)31-13-8-10-16-34(31)36;/h3-22,37H,1-2H2;/q-1;. The molecule has 0 atom stereocenters. The summed E-state index contributed by atoms with van der Waals surface area (Å²) in [6.07, 6.45) is 3.86. The summed E-state index contributed by atoms with van der Waals surface area (Å²) >= 11 is 0. The molecule has 38 heavy (non-hydrogen) atoms. The van der Waals surface area contributed by atoms with Gasteiger partial charge in [-0.2, -0.15) is 0 Å². The van der Waals surface area contributed by atoms with Gasteiger partial charge in [-0.1, -0.05) is 142 Å². The second-order valence-electron chi connectivity index (χ2n) is 9.73. The molecule has 1 radical (unpaired) electrons. The normalized spacial score (nSPS) is 13.1. The van der Waals surface area contributed by atoms with Crippen LogP contribution in [0.4, 0.5) is 0 Å². The van der Waals surface area contributed by atoms with E-state index in [2.05, 4.69) is 86.0 Å². The van der Waals surface area contributed by atoms with Crippen molar-refractivity contribution in [2.24, 2.45) is 0 Å². The average molecular weight is 639 g/mol. The van der Waals surface area contributed by atoms with Crippen molar-refractivity contribution >= 4 is 33.7 Å². The predicted molar refractivity (Wildman–Crippen MR) is 157 cm³/mol. The number of hydrogen-bond acceptors (Lipinski definition) is 1. The van der Waals surface area contributed by atoms with Crippen LogP contribution in [0.25, 0.3) is 56.0 Å². The number of hydrogen-bond donors (Lipinski definition) is 1. The van der Waals surface area contributed by atoms with Crippen LogP contribution in [0.3, 0.4) is 0 Å². The number of rotatable bonds is 4. The fourth-order valence-electron chi connectivity index (χ4n) is 6.25. The van der Waals surface area contributed by atoms with E-state index in [0.29, 0.717) is 0 Å². The van der Waals surface area contributed by atoms with Gasteiger partial charge in [0.25, 0.3) is 0 Å². The molecule has 7 rings (SSSR count). The van der Waals surface area contributed by atoms with Gasteiger partial charge in [0.05, 0.1) is 0 Å². The van der Waals surface area contributed by atoms with Gasteiger partial charge < -0.3 is 5.11 Å². The quantitative estimate of drug-likeness (QED) is 0.151. The van der Waals surface area contributed by atoms with Crippen molar-refractivity contribution in [3.63, 3.8) is 0 Å². The van der Waals surface area contributed by atoms with Gasteiger partial charge in [-0.3, -0.25) is 0 Å². The first kappa shape index (κ1) is 25.0. The van der Waals surface area contributed by atoms with Gasteiger partial charge in [0.2, 0.25) is 0 Å². The van der Waals surface area contributed by atoms with E-state index in [1.54, 1.807) is 0 Å². The molecule has 2 heteroatoms. The molecule has 1 aliphatic rings. The first-order valence-corrected chi connectivity index (χ1v) is 12.6. The van der Waals surface area contributed by atoms with Crippen LogP contribution in [0.2, 0.25) is 0 Å². The van der Waals surface area contributed by atoms with Crippen LogP contribution in [0.15, 0.2) is 122 Å². The zero-order valence-electron chi connectivity index (χ0n) is 20.7. The minimum Gasteiger partial charge on any atom is -0.376 e. The molecule has 0 aliphatic heterocycles. The molecular weight excluding hydrogens is 613 g/mol. The summed E-state index contributed by atoms with van der Waals surface area (Å²) in [4.78, 5) is 0. The molecule has 0 saturated carbocycles. The molecule has 0 fully saturated rings. The Balaban J connectivity index is 0.00000264.